The van der Waals surface area contributed by atoms with E-state index in [4.69, 9.17) is 42.9 Å². The maximum absolute atomic E-state index is 6.53. The van der Waals surface area contributed by atoms with Crippen molar-refractivity contribution < 1.29 is 27.9 Å². The lowest BCUT2D eigenvalue weighted by molar-refractivity contribution is 0.00578. The normalized spacial score (nSPS) is 17.4. The second kappa shape index (κ2) is 23.6. The lowest BCUT2D eigenvalue weighted by atomic mass is 9.78. The fourth-order valence-corrected chi connectivity index (χ4v) is 12.6. The van der Waals surface area contributed by atoms with Crippen molar-refractivity contribution >= 4 is 37.7 Å². The summed E-state index contributed by atoms with van der Waals surface area (Å²) in [5.41, 5.74) is 20.3. The predicted octanol–water partition coefficient (Wildman–Crippen LogP) is 17.4. The number of nitrogens with zero attached hydrogens (tertiary/aromatic N) is 3. The highest BCUT2D eigenvalue weighted by Crippen LogP contribution is 2.46. The minimum Gasteiger partial charge on any atom is -0.399 e. The Labute approximate surface area is 549 Å². The molecular weight excluding hydrogens is 1140 g/mol. The summed E-state index contributed by atoms with van der Waals surface area (Å²) in [5.74, 6) is 0. The molecule has 14 rings (SSSR count). The van der Waals surface area contributed by atoms with E-state index in [2.05, 4.69) is 308 Å². The average molecular weight is 1220 g/mol. The van der Waals surface area contributed by atoms with Gasteiger partial charge in [-0.15, -0.1) is 0 Å². The summed E-state index contributed by atoms with van der Waals surface area (Å²) < 4.78 is 38.9. The molecule has 3 saturated heterocycles. The van der Waals surface area contributed by atoms with Gasteiger partial charge in [-0.05, 0) is 214 Å². The highest BCUT2D eigenvalue weighted by Gasteiger charge is 2.54. The van der Waals surface area contributed by atoms with Gasteiger partial charge in [0.1, 0.15) is 0 Å². The third-order valence-corrected chi connectivity index (χ3v) is 20.2. The number of benzene rings is 8. The van der Waals surface area contributed by atoms with Crippen molar-refractivity contribution in [2.24, 2.45) is 0 Å². The van der Waals surface area contributed by atoms with Crippen LogP contribution in [-0.4, -0.2) is 69.9 Å². The summed E-state index contributed by atoms with van der Waals surface area (Å²) >= 11 is 0. The fraction of sp³-hybridized carbons (Fsp3) is 0.222. The molecule has 0 N–H and O–H groups in total. The Bertz CT molecular complexity index is 4390. The molecule has 11 aromatic rings. The Morgan fingerprint density at radius 2 is 0.516 bits per heavy atom. The highest BCUT2D eigenvalue weighted by atomic mass is 16.7. The molecule has 9 nitrogen and oxygen atoms in total. The smallest absolute Gasteiger partial charge is 0.399 e. The van der Waals surface area contributed by atoms with Crippen LogP contribution in [0.3, 0.4) is 0 Å². The summed E-state index contributed by atoms with van der Waals surface area (Å²) in [7, 11) is -1.46. The molecule has 12 heteroatoms. The SMILES string of the molecule is CC1(C)OB(c2cccc(-c3ccc(-c4ccccc4-c4cc(-c5ccccc5-c5ccc(-c6cccc(B7OC(C)(C)C(C)(C)O7)c6)nc5)cc(-c5ccccc5-c5cnc(-c6cccc(B7OC(C)(C)C(C)(C)O7)c6)cc5-c5ccccc5)c4)cn3)c2)OC1(C)C. The van der Waals surface area contributed by atoms with Crippen LogP contribution >= 0.6 is 0 Å². The van der Waals surface area contributed by atoms with Crippen molar-refractivity contribution in [3.8, 4) is 112 Å². The Kier molecular flexibility index (Phi) is 15.7. The first kappa shape index (κ1) is 61.7. The molecule has 3 aliphatic heterocycles. The minimum absolute atomic E-state index is 0.452. The second-order valence-corrected chi connectivity index (χ2v) is 27.9. The number of rotatable bonds is 13. The molecule has 0 aliphatic carbocycles. The van der Waals surface area contributed by atoms with Gasteiger partial charge in [0, 0.05) is 35.3 Å². The fourth-order valence-electron chi connectivity index (χ4n) is 12.6. The first-order chi connectivity index (χ1) is 44.5. The quantitative estimate of drug-likeness (QED) is 0.105. The van der Waals surface area contributed by atoms with E-state index in [1.54, 1.807) is 0 Å². The largest absolute Gasteiger partial charge is 0.494 e. The van der Waals surface area contributed by atoms with E-state index in [0.717, 1.165) is 128 Å². The molecule has 8 aromatic carbocycles. The van der Waals surface area contributed by atoms with Crippen LogP contribution in [0.4, 0.5) is 0 Å². The zero-order valence-corrected chi connectivity index (χ0v) is 55.1. The van der Waals surface area contributed by atoms with Crippen molar-refractivity contribution in [2.75, 3.05) is 0 Å². The number of aromatic nitrogens is 3. The zero-order valence-electron chi connectivity index (χ0n) is 55.1. The van der Waals surface area contributed by atoms with Crippen molar-refractivity contribution in [1.82, 2.24) is 15.0 Å². The summed E-state index contributed by atoms with van der Waals surface area (Å²) in [6.07, 6.45) is 6.03. The number of pyridine rings is 3. The minimum atomic E-state index is -0.504. The highest BCUT2D eigenvalue weighted by molar-refractivity contribution is 6.63. The van der Waals surface area contributed by atoms with Gasteiger partial charge in [0.05, 0.1) is 50.7 Å². The molecule has 0 unspecified atom stereocenters. The van der Waals surface area contributed by atoms with Gasteiger partial charge in [-0.1, -0.05) is 188 Å². The predicted molar refractivity (Wildman–Crippen MR) is 381 cm³/mol. The van der Waals surface area contributed by atoms with Crippen molar-refractivity contribution in [1.29, 1.82) is 0 Å². The van der Waals surface area contributed by atoms with E-state index in [0.29, 0.717) is 0 Å². The van der Waals surface area contributed by atoms with Crippen LogP contribution in [0.5, 0.6) is 0 Å². The van der Waals surface area contributed by atoms with E-state index in [9.17, 15) is 0 Å². The Hall–Kier alpha value is -8.84. The van der Waals surface area contributed by atoms with Crippen LogP contribution in [0.25, 0.3) is 112 Å². The van der Waals surface area contributed by atoms with E-state index in [-0.39, 0.29) is 0 Å². The van der Waals surface area contributed by atoms with Gasteiger partial charge in [-0.2, -0.15) is 0 Å². The average Bonchev–Trinajstić information content (AvgIpc) is 1.74. The third-order valence-electron chi connectivity index (χ3n) is 20.2. The van der Waals surface area contributed by atoms with Gasteiger partial charge < -0.3 is 27.9 Å². The number of hydrogen-bond acceptors (Lipinski definition) is 9. The van der Waals surface area contributed by atoms with Crippen LogP contribution in [0, 0.1) is 0 Å². The molecular formula is C81H76B3N3O6. The molecule has 3 fully saturated rings. The first-order valence-corrected chi connectivity index (χ1v) is 32.3. The maximum atomic E-state index is 6.53. The van der Waals surface area contributed by atoms with Crippen LogP contribution in [-0.2, 0) is 27.9 Å². The summed E-state index contributed by atoms with van der Waals surface area (Å²) in [4.78, 5) is 15.6. The topological polar surface area (TPSA) is 94.1 Å². The molecule has 460 valence electrons. The first-order valence-electron chi connectivity index (χ1n) is 32.3. The molecule has 0 atom stereocenters. The molecule has 0 bridgehead atoms. The molecule has 6 heterocycles. The van der Waals surface area contributed by atoms with Gasteiger partial charge >= 0.3 is 21.4 Å². The second-order valence-electron chi connectivity index (χ2n) is 27.9. The van der Waals surface area contributed by atoms with Gasteiger partial charge in [0.25, 0.3) is 0 Å². The molecule has 0 saturated carbocycles. The molecule has 0 spiro atoms. The van der Waals surface area contributed by atoms with E-state index in [1.165, 1.54) is 0 Å². The lowest BCUT2D eigenvalue weighted by Crippen LogP contribution is -2.41. The molecule has 93 heavy (non-hydrogen) atoms. The van der Waals surface area contributed by atoms with Crippen molar-refractivity contribution in [2.45, 2.75) is 117 Å². The lowest BCUT2D eigenvalue weighted by Gasteiger charge is -2.32. The zero-order chi connectivity index (χ0) is 64.7. The van der Waals surface area contributed by atoms with E-state index < -0.39 is 55.0 Å². The third kappa shape index (κ3) is 11.7. The Morgan fingerprint density at radius 1 is 0.215 bits per heavy atom. The van der Waals surface area contributed by atoms with E-state index >= 15 is 0 Å². The Balaban J connectivity index is 0.871. The van der Waals surface area contributed by atoms with Gasteiger partial charge in [0.15, 0.2) is 0 Å². The maximum Gasteiger partial charge on any atom is 0.494 e. The Morgan fingerprint density at radius 3 is 0.871 bits per heavy atom. The van der Waals surface area contributed by atoms with Crippen LogP contribution in [0.2, 0.25) is 0 Å². The molecule has 3 aromatic heterocycles. The monoisotopic (exact) mass is 1220 g/mol. The molecule has 0 amide bonds. The van der Waals surface area contributed by atoms with Crippen LogP contribution in [0.1, 0.15) is 83.1 Å². The number of hydrogen-bond donors (Lipinski definition) is 0. The standard InChI is InChI=1S/C81H76B3N3O6/c1-76(2)77(3,4)89-82(88-76)62-30-22-27-54(46-62)73-41-39-57(50-85-73)65-33-16-18-35-67(65)59-43-60(68-36-19-17-34-66(68)58-40-42-74(86-51-58)55-28-23-31-63(47-55)83-90-78(5,6)79(7,8)91-83)45-61(44-59)69-37-20-21-38-70(69)72-52-87-75(49-71(72)53-25-14-13-15-26-53)56-29-24-32-64(48-56)84-92-80(9,10)81(11,12)93-84/h13-52H,1-12H3. The van der Waals surface area contributed by atoms with Gasteiger partial charge in [0.2, 0.25) is 0 Å². The summed E-state index contributed by atoms with van der Waals surface area (Å²) in [5, 5.41) is 0. The van der Waals surface area contributed by atoms with Gasteiger partial charge in [-0.3, -0.25) is 15.0 Å². The molecule has 0 radical (unpaired) electrons. The summed E-state index contributed by atoms with van der Waals surface area (Å²) in [6, 6.07) is 79.5. The van der Waals surface area contributed by atoms with Crippen molar-refractivity contribution in [3.05, 3.63) is 243 Å². The molecule has 3 aliphatic rings. The van der Waals surface area contributed by atoms with Gasteiger partial charge in [-0.25, -0.2) is 0 Å². The van der Waals surface area contributed by atoms with Crippen LogP contribution < -0.4 is 16.4 Å². The van der Waals surface area contributed by atoms with Crippen molar-refractivity contribution in [3.63, 3.8) is 0 Å². The van der Waals surface area contributed by atoms with Crippen LogP contribution in [0.15, 0.2) is 243 Å². The summed E-state index contributed by atoms with van der Waals surface area (Å²) in [6.45, 7) is 25.0. The van der Waals surface area contributed by atoms with E-state index in [1.807, 2.05) is 18.6 Å².